The average Bonchev–Trinajstić information content (AvgIpc) is 2.23. The van der Waals surface area contributed by atoms with Crippen molar-refractivity contribution in [3.8, 4) is 0 Å². The first-order valence-electron chi connectivity index (χ1n) is 5.08. The van der Waals surface area contributed by atoms with E-state index in [9.17, 15) is 0 Å². The summed E-state index contributed by atoms with van der Waals surface area (Å²) >= 11 is 0. The molecule has 0 spiro atoms. The summed E-state index contributed by atoms with van der Waals surface area (Å²) in [6.45, 7) is 0. The van der Waals surface area contributed by atoms with Crippen LogP contribution >= 0.6 is 0 Å². The zero-order valence-electron chi connectivity index (χ0n) is 8.24. The third-order valence-corrected chi connectivity index (χ3v) is 2.51. The van der Waals surface area contributed by atoms with E-state index in [1.54, 1.807) is 0 Å². The van der Waals surface area contributed by atoms with Gasteiger partial charge >= 0.3 is 0 Å². The van der Waals surface area contributed by atoms with E-state index in [2.05, 4.69) is 24.3 Å². The van der Waals surface area contributed by atoms with Crippen molar-refractivity contribution in [2.45, 2.75) is 19.3 Å². The Morgan fingerprint density at radius 1 is 1.21 bits per heavy atom. The highest BCUT2D eigenvalue weighted by Gasteiger charge is 2.00. The molecule has 0 unspecified atom stereocenters. The third-order valence-electron chi connectivity index (χ3n) is 2.51. The Morgan fingerprint density at radius 3 is 2.79 bits per heavy atom. The quantitative estimate of drug-likeness (QED) is 0.667. The fraction of sp³-hybridized carbons (Fsp3) is 0.231. The second-order valence-electron chi connectivity index (χ2n) is 3.64. The summed E-state index contributed by atoms with van der Waals surface area (Å²) in [6, 6.07) is 7.99. The molecule has 0 amide bonds. The molecule has 0 aromatic heterocycles. The lowest BCUT2D eigenvalue weighted by molar-refractivity contribution is 0.825. The van der Waals surface area contributed by atoms with Gasteiger partial charge in [0.15, 0.2) is 0 Å². The van der Waals surface area contributed by atoms with Crippen LogP contribution in [0.2, 0.25) is 0 Å². The van der Waals surface area contributed by atoms with Gasteiger partial charge in [0.05, 0.1) is 0 Å². The van der Waals surface area contributed by atoms with Gasteiger partial charge in [0, 0.05) is 5.69 Å². The van der Waals surface area contributed by atoms with Crippen molar-refractivity contribution in [3.63, 3.8) is 0 Å². The van der Waals surface area contributed by atoms with Crippen LogP contribution in [0.1, 0.15) is 24.8 Å². The minimum Gasteiger partial charge on any atom is -0.398 e. The van der Waals surface area contributed by atoms with E-state index < -0.39 is 0 Å². The van der Waals surface area contributed by atoms with Crippen molar-refractivity contribution >= 4 is 11.8 Å². The van der Waals surface area contributed by atoms with Gasteiger partial charge in [0.2, 0.25) is 0 Å². The molecule has 0 fully saturated rings. The van der Waals surface area contributed by atoms with Gasteiger partial charge in [-0.1, -0.05) is 30.4 Å². The van der Waals surface area contributed by atoms with Crippen LogP contribution in [0.4, 0.5) is 5.69 Å². The summed E-state index contributed by atoms with van der Waals surface area (Å²) in [4.78, 5) is 0. The van der Waals surface area contributed by atoms with Crippen molar-refractivity contribution < 1.29 is 0 Å². The smallest absolute Gasteiger partial charge is 0.0387 e. The van der Waals surface area contributed by atoms with Crippen molar-refractivity contribution in [3.05, 3.63) is 47.6 Å². The van der Waals surface area contributed by atoms with Gasteiger partial charge in [-0.3, -0.25) is 0 Å². The maximum atomic E-state index is 5.87. The Balaban J connectivity index is 2.28. The van der Waals surface area contributed by atoms with Crippen LogP contribution in [-0.4, -0.2) is 0 Å². The number of allylic oxidation sites excluding steroid dienone is 3. The zero-order valence-corrected chi connectivity index (χ0v) is 8.24. The summed E-state index contributed by atoms with van der Waals surface area (Å²) in [7, 11) is 0. The molecule has 1 aromatic carbocycles. The Bertz CT molecular complexity index is 375. The molecule has 1 nitrogen and oxygen atoms in total. The van der Waals surface area contributed by atoms with E-state index in [-0.39, 0.29) is 0 Å². The second kappa shape index (κ2) is 4.14. The Hall–Kier alpha value is -1.50. The number of para-hydroxylation sites is 1. The molecule has 1 aromatic rings. The first-order valence-corrected chi connectivity index (χ1v) is 5.08. The SMILES string of the molecule is Nc1ccccc1/C=C1\C=CCCC1. The van der Waals surface area contributed by atoms with Gasteiger partial charge < -0.3 is 5.73 Å². The molecule has 1 aliphatic rings. The number of benzene rings is 1. The zero-order chi connectivity index (χ0) is 9.80. The number of nitrogen functional groups attached to an aromatic ring is 1. The van der Waals surface area contributed by atoms with E-state index in [1.165, 1.54) is 24.8 Å². The van der Waals surface area contributed by atoms with Gasteiger partial charge in [-0.15, -0.1) is 0 Å². The summed E-state index contributed by atoms with van der Waals surface area (Å²) in [5.74, 6) is 0. The number of hydrogen-bond donors (Lipinski definition) is 1. The molecular formula is C13H15N. The number of rotatable bonds is 1. The van der Waals surface area contributed by atoms with Crippen molar-refractivity contribution in [1.82, 2.24) is 0 Å². The van der Waals surface area contributed by atoms with Gasteiger partial charge in [0.25, 0.3) is 0 Å². The highest BCUT2D eigenvalue weighted by molar-refractivity contribution is 5.67. The first-order chi connectivity index (χ1) is 6.86. The maximum Gasteiger partial charge on any atom is 0.0387 e. The molecule has 0 radical (unpaired) electrons. The minimum atomic E-state index is 0.860. The molecule has 1 aliphatic carbocycles. The van der Waals surface area contributed by atoms with Gasteiger partial charge in [-0.2, -0.15) is 0 Å². The fourth-order valence-electron chi connectivity index (χ4n) is 1.70. The highest BCUT2D eigenvalue weighted by Crippen LogP contribution is 2.21. The molecule has 14 heavy (non-hydrogen) atoms. The second-order valence-corrected chi connectivity index (χ2v) is 3.64. The predicted molar refractivity (Wildman–Crippen MR) is 61.8 cm³/mol. The monoisotopic (exact) mass is 185 g/mol. The predicted octanol–water partition coefficient (Wildman–Crippen LogP) is 3.39. The van der Waals surface area contributed by atoms with Crippen molar-refractivity contribution in [1.29, 1.82) is 0 Å². The van der Waals surface area contributed by atoms with Crippen molar-refractivity contribution in [2.24, 2.45) is 0 Å². The summed E-state index contributed by atoms with van der Waals surface area (Å²) in [5.41, 5.74) is 9.25. The molecule has 0 saturated heterocycles. The van der Waals surface area contributed by atoms with Gasteiger partial charge in [-0.05, 0) is 42.5 Å². The molecule has 1 heteroatoms. The average molecular weight is 185 g/mol. The molecule has 0 aliphatic heterocycles. The summed E-state index contributed by atoms with van der Waals surface area (Å²) in [5, 5.41) is 0. The molecule has 72 valence electrons. The molecule has 0 saturated carbocycles. The lowest BCUT2D eigenvalue weighted by Crippen LogP contribution is -1.90. The van der Waals surface area contributed by atoms with E-state index in [4.69, 9.17) is 5.73 Å². The molecule has 0 bridgehead atoms. The summed E-state index contributed by atoms with van der Waals surface area (Å²) < 4.78 is 0. The topological polar surface area (TPSA) is 26.0 Å². The minimum absolute atomic E-state index is 0.860. The molecule has 0 atom stereocenters. The van der Waals surface area contributed by atoms with Crippen LogP contribution < -0.4 is 5.73 Å². The van der Waals surface area contributed by atoms with E-state index in [1.807, 2.05) is 18.2 Å². The first kappa shape index (κ1) is 9.07. The van der Waals surface area contributed by atoms with Gasteiger partial charge in [-0.25, -0.2) is 0 Å². The lowest BCUT2D eigenvalue weighted by Gasteiger charge is -2.07. The Kier molecular flexibility index (Phi) is 2.68. The largest absolute Gasteiger partial charge is 0.398 e. The van der Waals surface area contributed by atoms with E-state index in [0.29, 0.717) is 0 Å². The lowest BCUT2D eigenvalue weighted by atomic mass is 9.99. The van der Waals surface area contributed by atoms with Crippen molar-refractivity contribution in [2.75, 3.05) is 5.73 Å². The number of anilines is 1. The number of nitrogens with two attached hydrogens (primary N) is 1. The standard InChI is InChI=1S/C13H15N/c14-13-9-5-4-8-12(13)10-11-6-2-1-3-7-11/h2,4-6,8-10H,1,3,7,14H2/b11-10+. The van der Waals surface area contributed by atoms with E-state index >= 15 is 0 Å². The molecular weight excluding hydrogens is 170 g/mol. The van der Waals surface area contributed by atoms with Crippen LogP contribution in [0.25, 0.3) is 6.08 Å². The molecule has 2 N–H and O–H groups in total. The number of hydrogen-bond acceptors (Lipinski definition) is 1. The normalized spacial score (nSPS) is 18.7. The maximum absolute atomic E-state index is 5.87. The molecule has 2 rings (SSSR count). The third kappa shape index (κ3) is 2.05. The molecule has 0 heterocycles. The van der Waals surface area contributed by atoms with Crippen LogP contribution in [0.5, 0.6) is 0 Å². The fourth-order valence-corrected chi connectivity index (χ4v) is 1.70. The Labute approximate surface area is 84.9 Å². The summed E-state index contributed by atoms with van der Waals surface area (Å²) in [6.07, 6.45) is 10.3. The van der Waals surface area contributed by atoms with Gasteiger partial charge in [0.1, 0.15) is 0 Å². The van der Waals surface area contributed by atoms with Crippen LogP contribution in [0.15, 0.2) is 42.0 Å². The van der Waals surface area contributed by atoms with Crippen LogP contribution in [0, 0.1) is 0 Å². The Morgan fingerprint density at radius 2 is 2.07 bits per heavy atom. The van der Waals surface area contributed by atoms with E-state index in [0.717, 1.165) is 11.3 Å². The van der Waals surface area contributed by atoms with Crippen LogP contribution in [0.3, 0.4) is 0 Å². The highest BCUT2D eigenvalue weighted by atomic mass is 14.5. The van der Waals surface area contributed by atoms with Crippen LogP contribution in [-0.2, 0) is 0 Å².